The van der Waals surface area contributed by atoms with Crippen LogP contribution in [0.15, 0.2) is 53.7 Å². The predicted octanol–water partition coefficient (Wildman–Crippen LogP) is 3.84. The summed E-state index contributed by atoms with van der Waals surface area (Å²) in [7, 11) is 0. The Morgan fingerprint density at radius 2 is 1.81 bits per heavy atom. The van der Waals surface area contributed by atoms with Crippen LogP contribution in [-0.2, 0) is 21.0 Å². The molecule has 0 aromatic heterocycles. The Balaban J connectivity index is 1.86. The van der Waals surface area contributed by atoms with Crippen molar-refractivity contribution in [2.45, 2.75) is 33.7 Å². The average molecular weight is 350 g/mol. The molecule has 0 aliphatic carbocycles. The minimum atomic E-state index is -0.435. The van der Waals surface area contributed by atoms with Crippen molar-refractivity contribution in [3.05, 3.63) is 65.2 Å². The number of hydrogen-bond acceptors (Lipinski definition) is 4. The molecule has 0 atom stereocenters. The summed E-state index contributed by atoms with van der Waals surface area (Å²) in [5, 5.41) is 3.88. The number of aryl methyl sites for hydroxylation is 1. The molecule has 0 N–H and O–H groups in total. The van der Waals surface area contributed by atoms with Gasteiger partial charge in [-0.3, -0.25) is 4.79 Å². The van der Waals surface area contributed by atoms with Gasteiger partial charge < -0.3 is 9.74 Å². The first-order valence-electron chi connectivity index (χ1n) is 8.70. The van der Waals surface area contributed by atoms with Gasteiger partial charge in [-0.2, -0.15) is 0 Å². The first-order chi connectivity index (χ1) is 12.5. The highest BCUT2D eigenvalue weighted by Gasteiger charge is 2.34. The van der Waals surface area contributed by atoms with Gasteiger partial charge in [-0.1, -0.05) is 67.0 Å². The van der Waals surface area contributed by atoms with Gasteiger partial charge in [-0.15, -0.1) is 0 Å². The highest BCUT2D eigenvalue weighted by Crippen LogP contribution is 2.30. The van der Waals surface area contributed by atoms with E-state index < -0.39 is 5.97 Å². The van der Waals surface area contributed by atoms with Crippen molar-refractivity contribution < 1.29 is 14.4 Å². The number of rotatable bonds is 5. The number of para-hydroxylation sites is 1. The zero-order chi connectivity index (χ0) is 18.7. The molecule has 1 aliphatic rings. The van der Waals surface area contributed by atoms with E-state index in [2.05, 4.69) is 5.16 Å². The fourth-order valence-corrected chi connectivity index (χ4v) is 2.85. The quantitative estimate of drug-likeness (QED) is 0.608. The molecular weight excluding hydrogens is 328 g/mol. The number of fused-ring (bicyclic) bond motifs is 1. The van der Waals surface area contributed by atoms with Gasteiger partial charge in [0.2, 0.25) is 0 Å². The van der Waals surface area contributed by atoms with Crippen molar-refractivity contribution in [1.82, 2.24) is 0 Å². The first kappa shape index (κ1) is 17.9. The second kappa shape index (κ2) is 7.52. The van der Waals surface area contributed by atoms with Crippen LogP contribution in [-0.4, -0.2) is 17.6 Å². The van der Waals surface area contributed by atoms with Crippen LogP contribution in [0.2, 0.25) is 0 Å². The molecule has 0 unspecified atom stereocenters. The van der Waals surface area contributed by atoms with E-state index in [1.54, 1.807) is 4.90 Å². The lowest BCUT2D eigenvalue weighted by Gasteiger charge is -2.16. The Morgan fingerprint density at radius 1 is 1.12 bits per heavy atom. The molecule has 3 rings (SSSR count). The summed E-state index contributed by atoms with van der Waals surface area (Å²) < 4.78 is 0. The van der Waals surface area contributed by atoms with Crippen molar-refractivity contribution in [3.63, 3.8) is 0 Å². The number of benzene rings is 2. The molecule has 1 amide bonds. The summed E-state index contributed by atoms with van der Waals surface area (Å²) in [5.74, 6) is -0.522. The molecule has 0 bridgehead atoms. The molecule has 0 fully saturated rings. The summed E-state index contributed by atoms with van der Waals surface area (Å²) in [6.45, 7) is 6.31. The van der Waals surface area contributed by atoms with Crippen LogP contribution in [0.5, 0.6) is 0 Å². The predicted molar refractivity (Wildman–Crippen MR) is 101 cm³/mol. The smallest absolute Gasteiger partial charge is 0.317 e. The van der Waals surface area contributed by atoms with Gasteiger partial charge in [-0.05, 0) is 24.5 Å². The molecule has 5 nitrogen and oxygen atoms in total. The molecule has 26 heavy (non-hydrogen) atoms. The largest absolute Gasteiger partial charge is 0.335 e. The molecule has 0 saturated carbocycles. The van der Waals surface area contributed by atoms with Gasteiger partial charge in [0, 0.05) is 5.56 Å². The lowest BCUT2D eigenvalue weighted by Crippen LogP contribution is -2.29. The number of nitrogens with zero attached hydrogens (tertiary/aromatic N) is 2. The third-order valence-electron chi connectivity index (χ3n) is 4.17. The van der Waals surface area contributed by atoms with Gasteiger partial charge >= 0.3 is 5.97 Å². The van der Waals surface area contributed by atoms with E-state index in [1.165, 1.54) is 5.56 Å². The van der Waals surface area contributed by atoms with E-state index in [9.17, 15) is 9.59 Å². The van der Waals surface area contributed by atoms with Crippen LogP contribution in [0, 0.1) is 12.8 Å². The van der Waals surface area contributed by atoms with Crippen LogP contribution >= 0.6 is 0 Å². The molecule has 0 spiro atoms. The molecule has 2 aromatic rings. The van der Waals surface area contributed by atoms with Crippen LogP contribution in [0.4, 0.5) is 5.69 Å². The van der Waals surface area contributed by atoms with Gasteiger partial charge in [0.25, 0.3) is 5.91 Å². The lowest BCUT2D eigenvalue weighted by molar-refractivity contribution is -0.144. The maximum atomic E-state index is 12.9. The minimum absolute atomic E-state index is 0.171. The van der Waals surface area contributed by atoms with Gasteiger partial charge in [0.1, 0.15) is 0 Å². The van der Waals surface area contributed by atoms with Crippen molar-refractivity contribution >= 4 is 23.3 Å². The second-order valence-corrected chi connectivity index (χ2v) is 6.90. The summed E-state index contributed by atoms with van der Waals surface area (Å²) in [6, 6.07) is 15.5. The number of amides is 1. The summed E-state index contributed by atoms with van der Waals surface area (Å²) in [5.41, 5.74) is 3.82. The molecule has 1 heterocycles. The normalized spacial score (nSPS) is 14.8. The second-order valence-electron chi connectivity index (χ2n) is 6.90. The Bertz CT molecular complexity index is 854. The van der Waals surface area contributed by atoms with Crippen LogP contribution in [0.25, 0.3) is 0 Å². The third kappa shape index (κ3) is 3.82. The average Bonchev–Trinajstić information content (AvgIpc) is 2.86. The van der Waals surface area contributed by atoms with Gasteiger partial charge in [0.05, 0.1) is 18.7 Å². The van der Waals surface area contributed by atoms with Crippen LogP contribution in [0.1, 0.15) is 37.0 Å². The van der Waals surface area contributed by atoms with E-state index in [4.69, 9.17) is 4.84 Å². The number of oxime groups is 1. The first-order valence-corrected chi connectivity index (χ1v) is 8.70. The van der Waals surface area contributed by atoms with E-state index >= 15 is 0 Å². The number of carbonyl (C=O) groups excluding carboxylic acids is 2. The SMILES string of the molecule is Cc1ccc(CN2C(=O)C(=NOC(=O)CC(C)C)c3ccccc32)cc1. The van der Waals surface area contributed by atoms with Gasteiger partial charge in [-0.25, -0.2) is 4.79 Å². The monoisotopic (exact) mass is 350 g/mol. The molecule has 2 aromatic carbocycles. The van der Waals surface area contributed by atoms with Crippen molar-refractivity contribution in [1.29, 1.82) is 0 Å². The molecule has 0 radical (unpaired) electrons. The van der Waals surface area contributed by atoms with Crippen molar-refractivity contribution in [2.75, 3.05) is 4.90 Å². The zero-order valence-electron chi connectivity index (χ0n) is 15.2. The van der Waals surface area contributed by atoms with E-state index in [0.717, 1.165) is 11.3 Å². The van der Waals surface area contributed by atoms with E-state index in [1.807, 2.05) is 69.3 Å². The molecular formula is C21H22N2O3. The van der Waals surface area contributed by atoms with E-state index in [-0.39, 0.29) is 24.0 Å². The number of carbonyl (C=O) groups is 2. The Kier molecular flexibility index (Phi) is 5.16. The fourth-order valence-electron chi connectivity index (χ4n) is 2.85. The van der Waals surface area contributed by atoms with Crippen molar-refractivity contribution in [2.24, 2.45) is 11.1 Å². The molecule has 0 saturated heterocycles. The molecule has 5 heteroatoms. The van der Waals surface area contributed by atoms with E-state index in [0.29, 0.717) is 12.1 Å². The lowest BCUT2D eigenvalue weighted by atomic mass is 10.1. The highest BCUT2D eigenvalue weighted by molar-refractivity contribution is 6.54. The maximum Gasteiger partial charge on any atom is 0.335 e. The standard InChI is InChI=1S/C21H22N2O3/c1-14(2)12-19(24)26-22-20-17-6-4-5-7-18(17)23(21(20)25)13-16-10-8-15(3)9-11-16/h4-11,14H,12-13H2,1-3H3. The number of hydrogen-bond donors (Lipinski definition) is 0. The molecule has 1 aliphatic heterocycles. The Labute approximate surface area is 153 Å². The van der Waals surface area contributed by atoms with Gasteiger partial charge in [0.15, 0.2) is 5.71 Å². The maximum absolute atomic E-state index is 12.9. The number of anilines is 1. The topological polar surface area (TPSA) is 59.0 Å². The summed E-state index contributed by atoms with van der Waals surface area (Å²) in [6.07, 6.45) is 0.264. The fraction of sp³-hybridized carbons (Fsp3) is 0.286. The molecule has 134 valence electrons. The highest BCUT2D eigenvalue weighted by atomic mass is 16.7. The Hall–Kier alpha value is -2.95. The van der Waals surface area contributed by atoms with Crippen LogP contribution < -0.4 is 4.90 Å². The minimum Gasteiger partial charge on any atom is -0.317 e. The van der Waals surface area contributed by atoms with Crippen LogP contribution in [0.3, 0.4) is 0 Å². The van der Waals surface area contributed by atoms with Crippen molar-refractivity contribution in [3.8, 4) is 0 Å². The zero-order valence-corrected chi connectivity index (χ0v) is 15.2. The Morgan fingerprint density at radius 3 is 2.50 bits per heavy atom. The summed E-state index contributed by atoms with van der Waals surface area (Å²) >= 11 is 0. The summed E-state index contributed by atoms with van der Waals surface area (Å²) in [4.78, 5) is 31.3. The third-order valence-corrected chi connectivity index (χ3v) is 4.17.